The fourth-order valence-electron chi connectivity index (χ4n) is 3.54. The third-order valence-electron chi connectivity index (χ3n) is 5.01. The van der Waals surface area contributed by atoms with Crippen molar-refractivity contribution in [3.8, 4) is 11.3 Å². The highest BCUT2D eigenvalue weighted by molar-refractivity contribution is 6.30. The molecule has 7 nitrogen and oxygen atoms in total. The summed E-state index contributed by atoms with van der Waals surface area (Å²) in [5.74, 6) is -0.0490. The molecule has 1 aliphatic heterocycles. The molecular weight excluding hydrogens is 370 g/mol. The summed E-state index contributed by atoms with van der Waals surface area (Å²) >= 11 is 5.91. The zero-order chi connectivity index (χ0) is 19.4. The van der Waals surface area contributed by atoms with E-state index in [1.54, 1.807) is 24.3 Å². The van der Waals surface area contributed by atoms with Crippen molar-refractivity contribution in [2.45, 2.75) is 12.8 Å². The van der Waals surface area contributed by atoms with Crippen LogP contribution in [0.2, 0.25) is 5.02 Å². The Morgan fingerprint density at radius 3 is 2.59 bits per heavy atom. The molecule has 1 aliphatic rings. The number of hydrogen-bond acceptors (Lipinski definition) is 6. The van der Waals surface area contributed by atoms with Gasteiger partial charge in [-0.2, -0.15) is 0 Å². The SMILES string of the molecule is CN(CC1CCN(CCO)CC1)c1noc(-c2ccc(Cl)cc2)c1C(=O)O. The molecule has 0 unspecified atom stereocenters. The number of aliphatic hydroxyl groups excluding tert-OH is 1. The normalized spacial score (nSPS) is 15.8. The number of aliphatic hydroxyl groups is 1. The van der Waals surface area contributed by atoms with Gasteiger partial charge in [-0.25, -0.2) is 4.79 Å². The molecular formula is C19H24ClN3O4. The molecule has 8 heteroatoms. The Morgan fingerprint density at radius 2 is 2.00 bits per heavy atom. The van der Waals surface area contributed by atoms with Crippen molar-refractivity contribution in [3.63, 3.8) is 0 Å². The Labute approximate surface area is 163 Å². The van der Waals surface area contributed by atoms with Gasteiger partial charge in [-0.15, -0.1) is 0 Å². The summed E-state index contributed by atoms with van der Waals surface area (Å²) in [6.07, 6.45) is 2.02. The van der Waals surface area contributed by atoms with Crippen molar-refractivity contribution in [3.05, 3.63) is 34.9 Å². The number of anilines is 1. The number of β-amino-alcohol motifs (C(OH)–C–C–N with tert-alkyl or cyclic N) is 1. The minimum Gasteiger partial charge on any atom is -0.477 e. The van der Waals surface area contributed by atoms with E-state index in [-0.39, 0.29) is 17.9 Å². The Balaban J connectivity index is 1.74. The number of carboxylic acid groups (broad SMARTS) is 1. The summed E-state index contributed by atoms with van der Waals surface area (Å²) in [6, 6.07) is 6.81. The van der Waals surface area contributed by atoms with Crippen molar-refractivity contribution in [1.29, 1.82) is 0 Å². The van der Waals surface area contributed by atoms with Gasteiger partial charge in [-0.05, 0) is 56.1 Å². The molecule has 146 valence electrons. The average Bonchev–Trinajstić information content (AvgIpc) is 3.10. The molecule has 1 saturated heterocycles. The minimum absolute atomic E-state index is 0.0672. The van der Waals surface area contributed by atoms with Crippen LogP contribution < -0.4 is 4.90 Å². The van der Waals surface area contributed by atoms with Gasteiger partial charge in [0.25, 0.3) is 0 Å². The molecule has 1 aromatic carbocycles. The van der Waals surface area contributed by atoms with Gasteiger partial charge in [0, 0.05) is 30.7 Å². The summed E-state index contributed by atoms with van der Waals surface area (Å²) in [6.45, 7) is 3.48. The second kappa shape index (κ2) is 8.73. The van der Waals surface area contributed by atoms with Crippen LogP contribution >= 0.6 is 11.6 Å². The number of carbonyl (C=O) groups is 1. The van der Waals surface area contributed by atoms with Crippen molar-refractivity contribution in [2.75, 3.05) is 44.7 Å². The standard InChI is InChI=1S/C19H24ClN3O4/c1-22(12-13-6-8-23(9-7-13)10-11-24)18-16(19(25)26)17(27-21-18)14-2-4-15(20)5-3-14/h2-5,13,24H,6-12H2,1H3,(H,25,26). The first kappa shape index (κ1) is 19.7. The van der Waals surface area contributed by atoms with Crippen LogP contribution in [0, 0.1) is 5.92 Å². The summed E-state index contributed by atoms with van der Waals surface area (Å²) in [5.41, 5.74) is 0.693. The van der Waals surface area contributed by atoms with Crippen LogP contribution in [0.3, 0.4) is 0 Å². The number of benzene rings is 1. The van der Waals surface area contributed by atoms with E-state index < -0.39 is 5.97 Å². The number of halogens is 1. The van der Waals surface area contributed by atoms with Crippen LogP contribution in [0.1, 0.15) is 23.2 Å². The third-order valence-corrected chi connectivity index (χ3v) is 5.26. The van der Waals surface area contributed by atoms with Crippen LogP contribution in [0.5, 0.6) is 0 Å². The third kappa shape index (κ3) is 4.61. The highest BCUT2D eigenvalue weighted by atomic mass is 35.5. The molecule has 1 fully saturated rings. The largest absolute Gasteiger partial charge is 0.477 e. The van der Waals surface area contributed by atoms with Crippen molar-refractivity contribution in [1.82, 2.24) is 10.1 Å². The van der Waals surface area contributed by atoms with Gasteiger partial charge >= 0.3 is 5.97 Å². The average molecular weight is 394 g/mol. The van der Waals surface area contributed by atoms with Crippen molar-refractivity contribution < 1.29 is 19.5 Å². The van der Waals surface area contributed by atoms with Crippen molar-refractivity contribution in [2.24, 2.45) is 5.92 Å². The van der Waals surface area contributed by atoms with E-state index in [2.05, 4.69) is 10.1 Å². The molecule has 0 radical (unpaired) electrons. The van der Waals surface area contributed by atoms with Gasteiger partial charge in [0.15, 0.2) is 17.1 Å². The van der Waals surface area contributed by atoms with Crippen LogP contribution in [0.4, 0.5) is 5.82 Å². The second-order valence-corrected chi connectivity index (χ2v) is 7.35. The van der Waals surface area contributed by atoms with Gasteiger partial charge in [0.05, 0.1) is 6.61 Å². The van der Waals surface area contributed by atoms with E-state index in [1.165, 1.54) is 0 Å². The molecule has 3 rings (SSSR count). The number of aromatic nitrogens is 1. The van der Waals surface area contributed by atoms with Crippen LogP contribution in [0.15, 0.2) is 28.8 Å². The molecule has 2 heterocycles. The van der Waals surface area contributed by atoms with Gasteiger partial charge < -0.3 is 24.5 Å². The predicted octanol–water partition coefficient (Wildman–Crippen LogP) is 2.83. The van der Waals surface area contributed by atoms with E-state index in [1.807, 2.05) is 11.9 Å². The summed E-state index contributed by atoms with van der Waals surface area (Å²) in [4.78, 5) is 16.0. The smallest absolute Gasteiger partial charge is 0.343 e. The zero-order valence-electron chi connectivity index (χ0n) is 15.3. The van der Waals surface area contributed by atoms with Gasteiger partial charge in [-0.1, -0.05) is 16.8 Å². The van der Waals surface area contributed by atoms with E-state index in [0.29, 0.717) is 35.4 Å². The first-order valence-electron chi connectivity index (χ1n) is 9.03. The van der Waals surface area contributed by atoms with Crippen LogP contribution in [-0.4, -0.2) is 66.1 Å². The lowest BCUT2D eigenvalue weighted by Gasteiger charge is -2.33. The summed E-state index contributed by atoms with van der Waals surface area (Å²) in [7, 11) is 1.84. The molecule has 2 N–H and O–H groups in total. The lowest BCUT2D eigenvalue weighted by molar-refractivity contribution is 0.0697. The number of aromatic carboxylic acids is 1. The number of nitrogens with zero attached hydrogens (tertiary/aromatic N) is 3. The maximum absolute atomic E-state index is 11.9. The monoisotopic (exact) mass is 393 g/mol. The van der Waals surface area contributed by atoms with Crippen molar-refractivity contribution >= 4 is 23.4 Å². The quantitative estimate of drug-likeness (QED) is 0.747. The van der Waals surface area contributed by atoms with E-state index >= 15 is 0 Å². The lowest BCUT2D eigenvalue weighted by Crippen LogP contribution is -2.39. The van der Waals surface area contributed by atoms with E-state index in [9.17, 15) is 9.90 Å². The minimum atomic E-state index is -1.07. The predicted molar refractivity (Wildman–Crippen MR) is 103 cm³/mol. The maximum Gasteiger partial charge on any atom is 0.343 e. The second-order valence-electron chi connectivity index (χ2n) is 6.91. The van der Waals surface area contributed by atoms with E-state index in [0.717, 1.165) is 25.9 Å². The molecule has 0 saturated carbocycles. The Morgan fingerprint density at radius 1 is 1.33 bits per heavy atom. The first-order valence-corrected chi connectivity index (χ1v) is 9.40. The molecule has 0 spiro atoms. The molecule has 0 aliphatic carbocycles. The van der Waals surface area contributed by atoms with Gasteiger partial charge in [0.2, 0.25) is 0 Å². The Kier molecular flexibility index (Phi) is 6.36. The van der Waals surface area contributed by atoms with Gasteiger partial charge in [-0.3, -0.25) is 0 Å². The molecule has 0 atom stereocenters. The van der Waals surface area contributed by atoms with Crippen LogP contribution in [0.25, 0.3) is 11.3 Å². The zero-order valence-corrected chi connectivity index (χ0v) is 16.0. The number of piperidine rings is 1. The van der Waals surface area contributed by atoms with Gasteiger partial charge in [0.1, 0.15) is 0 Å². The number of likely N-dealkylation sites (tertiary alicyclic amines) is 1. The number of carboxylic acids is 1. The Bertz CT molecular complexity index is 770. The van der Waals surface area contributed by atoms with Crippen LogP contribution in [-0.2, 0) is 0 Å². The number of rotatable bonds is 7. The number of hydrogen-bond donors (Lipinski definition) is 2. The molecule has 2 aromatic rings. The van der Waals surface area contributed by atoms with E-state index in [4.69, 9.17) is 21.2 Å². The highest BCUT2D eigenvalue weighted by Crippen LogP contribution is 2.32. The summed E-state index contributed by atoms with van der Waals surface area (Å²) < 4.78 is 5.39. The molecule has 27 heavy (non-hydrogen) atoms. The lowest BCUT2D eigenvalue weighted by atomic mass is 9.96. The molecule has 1 aromatic heterocycles. The fourth-order valence-corrected chi connectivity index (χ4v) is 3.67. The first-order chi connectivity index (χ1) is 13.0. The maximum atomic E-state index is 11.9. The topological polar surface area (TPSA) is 90.0 Å². The summed E-state index contributed by atoms with van der Waals surface area (Å²) in [5, 5.41) is 23.4. The highest BCUT2D eigenvalue weighted by Gasteiger charge is 2.28. The molecule has 0 amide bonds. The Hall–Kier alpha value is -2.09. The fraction of sp³-hybridized carbons (Fsp3) is 0.474. The molecule has 0 bridgehead atoms.